The lowest BCUT2D eigenvalue weighted by Gasteiger charge is -2.14. The molecule has 0 bridgehead atoms. The highest BCUT2D eigenvalue weighted by Gasteiger charge is 2.24. The lowest BCUT2D eigenvalue weighted by atomic mass is 10.0. The van der Waals surface area contributed by atoms with Crippen molar-refractivity contribution in [1.29, 1.82) is 0 Å². The van der Waals surface area contributed by atoms with E-state index in [4.69, 9.17) is 18.8 Å². The van der Waals surface area contributed by atoms with E-state index in [1.807, 2.05) is 20.8 Å². The molecule has 2 rings (SSSR count). The first-order valence-corrected chi connectivity index (χ1v) is 13.5. The molecule has 0 aromatic heterocycles. The molecule has 2 aromatic rings. The topological polar surface area (TPSA) is 123 Å². The van der Waals surface area contributed by atoms with Crippen molar-refractivity contribution in [3.63, 3.8) is 0 Å². The van der Waals surface area contributed by atoms with Gasteiger partial charge in [0.1, 0.15) is 11.5 Å². The van der Waals surface area contributed by atoms with E-state index in [0.29, 0.717) is 11.5 Å². The Hall–Kier alpha value is -1.66. The summed E-state index contributed by atoms with van der Waals surface area (Å²) in [5.41, 5.74) is 2.08. The fourth-order valence-electron chi connectivity index (χ4n) is 2.58. The maximum absolute atomic E-state index is 11.8. The van der Waals surface area contributed by atoms with Crippen LogP contribution in [0.1, 0.15) is 50.7 Å². The van der Waals surface area contributed by atoms with Crippen LogP contribution in [0.25, 0.3) is 0 Å². The molecular formula is C22H34O8P2. The van der Waals surface area contributed by atoms with Gasteiger partial charge in [-0.2, -0.15) is 0 Å². The van der Waals surface area contributed by atoms with Crippen molar-refractivity contribution < 1.29 is 37.4 Å². The van der Waals surface area contributed by atoms with Crippen molar-refractivity contribution in [2.75, 3.05) is 6.61 Å². The van der Waals surface area contributed by atoms with Gasteiger partial charge in [-0.3, -0.25) is 9.42 Å². The molecule has 0 amide bonds. The summed E-state index contributed by atoms with van der Waals surface area (Å²) >= 11 is 0. The summed E-state index contributed by atoms with van der Waals surface area (Å²) in [5.74, 6) is 0.861. The molecule has 0 saturated carbocycles. The zero-order valence-electron chi connectivity index (χ0n) is 19.0. The average molecular weight is 488 g/mol. The van der Waals surface area contributed by atoms with E-state index < -0.39 is 15.6 Å². The Morgan fingerprint density at radius 1 is 0.812 bits per heavy atom. The normalized spacial score (nSPS) is 12.5. The number of phosphoric acid groups is 2. The van der Waals surface area contributed by atoms with Gasteiger partial charge in [-0.05, 0) is 50.5 Å². The van der Waals surface area contributed by atoms with E-state index >= 15 is 0 Å². The molecule has 2 aromatic carbocycles. The van der Waals surface area contributed by atoms with Crippen molar-refractivity contribution in [3.8, 4) is 11.5 Å². The van der Waals surface area contributed by atoms with E-state index in [-0.39, 0.29) is 12.5 Å². The van der Waals surface area contributed by atoms with Crippen LogP contribution in [0.5, 0.6) is 11.5 Å². The second-order valence-corrected chi connectivity index (χ2v) is 10.0. The molecule has 10 heteroatoms. The van der Waals surface area contributed by atoms with E-state index in [2.05, 4.69) is 11.4 Å². The van der Waals surface area contributed by atoms with E-state index in [9.17, 15) is 14.0 Å². The average Bonchev–Trinajstić information content (AvgIpc) is 2.71. The Labute approximate surface area is 190 Å². The maximum atomic E-state index is 11.8. The second-order valence-electron chi connectivity index (χ2n) is 7.48. The first kappa shape index (κ1) is 28.4. The third-order valence-corrected chi connectivity index (χ3v) is 5.87. The smallest absolute Gasteiger partial charge is 0.395 e. The van der Waals surface area contributed by atoms with Crippen LogP contribution in [-0.4, -0.2) is 21.3 Å². The number of hydrogen-bond donors (Lipinski definition) is 3. The number of benzene rings is 2. The third-order valence-electron chi connectivity index (χ3n) is 4.51. The quantitative estimate of drug-likeness (QED) is 0.321. The van der Waals surface area contributed by atoms with Gasteiger partial charge in [-0.25, -0.2) is 9.13 Å². The van der Waals surface area contributed by atoms with E-state index in [1.54, 1.807) is 48.5 Å². The van der Waals surface area contributed by atoms with Crippen LogP contribution in [0.4, 0.5) is 0 Å². The largest absolute Gasteiger partial charge is 0.584 e. The van der Waals surface area contributed by atoms with Gasteiger partial charge >= 0.3 is 15.6 Å². The molecule has 3 N–H and O–H groups in total. The number of hydrogen-bond acceptors (Lipinski definition) is 5. The lowest BCUT2D eigenvalue weighted by molar-refractivity contribution is 0.161. The number of unbranched alkanes of at least 4 members (excludes halogenated alkanes) is 1. The van der Waals surface area contributed by atoms with E-state index in [0.717, 1.165) is 36.8 Å². The van der Waals surface area contributed by atoms with Gasteiger partial charge < -0.3 is 18.8 Å². The summed E-state index contributed by atoms with van der Waals surface area (Å²) in [6.45, 7) is 8.11. The van der Waals surface area contributed by atoms with Crippen molar-refractivity contribution in [1.82, 2.24) is 0 Å². The van der Waals surface area contributed by atoms with Crippen molar-refractivity contribution >= 4 is 15.6 Å². The molecule has 0 heterocycles. The van der Waals surface area contributed by atoms with Crippen LogP contribution >= 0.6 is 15.6 Å². The van der Waals surface area contributed by atoms with Crippen LogP contribution in [0.15, 0.2) is 48.5 Å². The van der Waals surface area contributed by atoms with Crippen LogP contribution < -0.4 is 9.05 Å². The summed E-state index contributed by atoms with van der Waals surface area (Å²) in [6, 6.07) is 13.7. The molecule has 0 aliphatic heterocycles. The molecule has 0 spiro atoms. The Balaban J connectivity index is 0.000000347. The predicted octanol–water partition coefficient (Wildman–Crippen LogP) is 6.17. The minimum absolute atomic E-state index is 0.167. The molecule has 180 valence electrons. The van der Waals surface area contributed by atoms with Gasteiger partial charge in [-0.15, -0.1) is 0 Å². The minimum Gasteiger partial charge on any atom is -0.395 e. The number of phosphoric ester groups is 2. The van der Waals surface area contributed by atoms with Gasteiger partial charge in [0.15, 0.2) is 0 Å². The van der Waals surface area contributed by atoms with Crippen LogP contribution in [0.2, 0.25) is 0 Å². The van der Waals surface area contributed by atoms with Crippen LogP contribution in [0, 0.1) is 19.8 Å². The van der Waals surface area contributed by atoms with Crippen LogP contribution in [0.3, 0.4) is 0 Å². The van der Waals surface area contributed by atoms with Gasteiger partial charge in [0.05, 0.1) is 6.61 Å². The standard InChI is InChI=1S/C14H15O4P.C8H19O4P/c1-11-3-7-13(8-4-11)17-19(15,16)18-14-9-5-12(2)6-10-14;1-3-5-6-8(4-2)7-12-13(9,10)11/h3-10H,1-2H3,(H,15,16);8H,3-7H2,1-2H3,(H2,9,10,11). The molecule has 1 unspecified atom stereocenters. The minimum atomic E-state index is -4.26. The predicted molar refractivity (Wildman–Crippen MR) is 125 cm³/mol. The van der Waals surface area contributed by atoms with Gasteiger partial charge in [0.25, 0.3) is 0 Å². The first-order valence-electron chi connectivity index (χ1n) is 10.5. The summed E-state index contributed by atoms with van der Waals surface area (Å²) in [4.78, 5) is 26.6. The maximum Gasteiger partial charge on any atom is 0.584 e. The van der Waals surface area contributed by atoms with Crippen LogP contribution in [-0.2, 0) is 13.7 Å². The third kappa shape index (κ3) is 13.0. The van der Waals surface area contributed by atoms with E-state index in [1.165, 1.54) is 0 Å². The Morgan fingerprint density at radius 3 is 1.59 bits per heavy atom. The molecule has 0 aliphatic carbocycles. The summed E-state index contributed by atoms with van der Waals surface area (Å²) in [7, 11) is -8.43. The highest BCUT2D eigenvalue weighted by Crippen LogP contribution is 2.44. The Kier molecular flexibility index (Phi) is 12.2. The Morgan fingerprint density at radius 2 is 1.25 bits per heavy atom. The molecular weight excluding hydrogens is 454 g/mol. The zero-order chi connectivity index (χ0) is 24.2. The zero-order valence-corrected chi connectivity index (χ0v) is 20.8. The first-order chi connectivity index (χ1) is 14.9. The SMILES string of the molecule is CCCCC(CC)COP(=O)(O)O.Cc1ccc(OP(=O)(O)Oc2ccc(C)cc2)cc1. The molecule has 32 heavy (non-hydrogen) atoms. The highest BCUT2D eigenvalue weighted by molar-refractivity contribution is 7.48. The molecule has 8 nitrogen and oxygen atoms in total. The summed E-state index contributed by atoms with van der Waals surface area (Å²) in [5, 5.41) is 0. The molecule has 0 radical (unpaired) electrons. The van der Waals surface area contributed by atoms with Crippen molar-refractivity contribution in [3.05, 3.63) is 59.7 Å². The monoisotopic (exact) mass is 488 g/mol. The summed E-state index contributed by atoms with van der Waals surface area (Å²) in [6.07, 6.45) is 4.07. The van der Waals surface area contributed by atoms with Crippen molar-refractivity contribution in [2.45, 2.75) is 53.4 Å². The fourth-order valence-corrected chi connectivity index (χ4v) is 3.80. The van der Waals surface area contributed by atoms with Gasteiger partial charge in [0, 0.05) is 0 Å². The van der Waals surface area contributed by atoms with Gasteiger partial charge in [0.2, 0.25) is 0 Å². The molecule has 0 aliphatic rings. The second kappa shape index (κ2) is 13.8. The number of rotatable bonds is 11. The molecule has 0 fully saturated rings. The Bertz CT molecular complexity index is 826. The summed E-state index contributed by atoms with van der Waals surface area (Å²) < 4.78 is 36.6. The fraction of sp³-hybridized carbons (Fsp3) is 0.455. The number of aryl methyl sites for hydroxylation is 2. The lowest BCUT2D eigenvalue weighted by Crippen LogP contribution is -2.07. The van der Waals surface area contributed by atoms with Gasteiger partial charge in [-0.1, -0.05) is 68.5 Å². The highest BCUT2D eigenvalue weighted by atomic mass is 31.2. The molecule has 0 saturated heterocycles. The van der Waals surface area contributed by atoms with Crippen molar-refractivity contribution in [2.24, 2.45) is 5.92 Å². The molecule has 1 atom stereocenters.